The lowest BCUT2D eigenvalue weighted by Crippen LogP contribution is -2.42. The maximum atomic E-state index is 12.1. The van der Waals surface area contributed by atoms with Gasteiger partial charge in [0.2, 0.25) is 10.1 Å². The Labute approximate surface area is 104 Å². The van der Waals surface area contributed by atoms with Gasteiger partial charge in [-0.2, -0.15) is 0 Å². The van der Waals surface area contributed by atoms with Crippen LogP contribution in [0, 0.1) is 0 Å². The van der Waals surface area contributed by atoms with Crippen LogP contribution in [-0.4, -0.2) is 51.8 Å². The molecule has 1 aromatic heterocycles. The Morgan fingerprint density at radius 3 is 3.18 bits per heavy atom. The van der Waals surface area contributed by atoms with Crippen molar-refractivity contribution in [3.63, 3.8) is 0 Å². The first-order chi connectivity index (χ1) is 8.20. The molecular weight excluding hydrogens is 240 g/mol. The Balaban J connectivity index is 2.02. The lowest BCUT2D eigenvalue weighted by molar-refractivity contribution is 0.0473. The van der Waals surface area contributed by atoms with Crippen molar-refractivity contribution < 1.29 is 9.90 Å². The van der Waals surface area contributed by atoms with E-state index in [0.29, 0.717) is 23.2 Å². The number of carbonyl (C=O) groups excluding carboxylic acids is 1. The lowest BCUT2D eigenvalue weighted by atomic mass is 10.1. The van der Waals surface area contributed by atoms with Gasteiger partial charge < -0.3 is 15.3 Å². The van der Waals surface area contributed by atoms with Crippen molar-refractivity contribution in [2.45, 2.75) is 25.9 Å². The van der Waals surface area contributed by atoms with E-state index in [2.05, 4.69) is 15.5 Å². The molecule has 0 spiro atoms. The van der Waals surface area contributed by atoms with E-state index < -0.39 is 6.10 Å². The average molecular weight is 256 g/mol. The smallest absolute Gasteiger partial charge is 0.284 e. The highest BCUT2D eigenvalue weighted by molar-refractivity contribution is 7.17. The zero-order valence-electron chi connectivity index (χ0n) is 9.72. The Morgan fingerprint density at radius 1 is 1.65 bits per heavy atom. The standard InChI is InChI=1S/C10H16N4O2S/c1-2-11-10-13-12-8(17-10)9(16)14-5-3-4-7(15)6-14/h7,15H,2-6H2,1H3,(H,11,13). The summed E-state index contributed by atoms with van der Waals surface area (Å²) < 4.78 is 0. The molecule has 17 heavy (non-hydrogen) atoms. The molecule has 2 heterocycles. The molecular formula is C10H16N4O2S. The number of aliphatic hydroxyl groups is 1. The number of β-amino-alcohol motifs (C(OH)–C–C–N with tert-alkyl or cyclic N) is 1. The predicted octanol–water partition coefficient (Wildman–Crippen LogP) is 0.567. The first kappa shape index (κ1) is 12.3. The molecule has 1 aliphatic heterocycles. The number of nitrogens with one attached hydrogen (secondary N) is 1. The van der Waals surface area contributed by atoms with E-state index in [0.717, 1.165) is 19.4 Å². The fourth-order valence-electron chi connectivity index (χ4n) is 1.81. The van der Waals surface area contributed by atoms with Gasteiger partial charge in [0.15, 0.2) is 0 Å². The number of rotatable bonds is 3. The summed E-state index contributed by atoms with van der Waals surface area (Å²) in [6.45, 7) is 3.80. The Hall–Kier alpha value is -1.21. The van der Waals surface area contributed by atoms with Crippen molar-refractivity contribution in [2.24, 2.45) is 0 Å². The number of aliphatic hydroxyl groups excluding tert-OH is 1. The number of hydrogen-bond acceptors (Lipinski definition) is 6. The monoisotopic (exact) mass is 256 g/mol. The molecule has 6 nitrogen and oxygen atoms in total. The number of piperidine rings is 1. The highest BCUT2D eigenvalue weighted by Crippen LogP contribution is 2.19. The summed E-state index contributed by atoms with van der Waals surface area (Å²) in [6, 6.07) is 0. The summed E-state index contributed by atoms with van der Waals surface area (Å²) in [5, 5.41) is 21.3. The van der Waals surface area contributed by atoms with Crippen LogP contribution in [0.3, 0.4) is 0 Å². The summed E-state index contributed by atoms with van der Waals surface area (Å²) in [5.74, 6) is -0.134. The SMILES string of the molecule is CCNc1nnc(C(=O)N2CCCC(O)C2)s1. The highest BCUT2D eigenvalue weighted by Gasteiger charge is 2.25. The third-order valence-corrected chi connectivity index (χ3v) is 3.49. The van der Waals surface area contributed by atoms with E-state index in [1.807, 2.05) is 6.92 Å². The maximum absolute atomic E-state index is 12.1. The molecule has 2 N–H and O–H groups in total. The van der Waals surface area contributed by atoms with E-state index in [4.69, 9.17) is 0 Å². The zero-order valence-corrected chi connectivity index (χ0v) is 10.5. The molecule has 0 saturated carbocycles. The molecule has 0 aromatic carbocycles. The van der Waals surface area contributed by atoms with Gasteiger partial charge >= 0.3 is 0 Å². The van der Waals surface area contributed by atoms with Crippen LogP contribution in [0.1, 0.15) is 29.6 Å². The number of hydrogen-bond donors (Lipinski definition) is 2. The second-order valence-corrected chi connectivity index (χ2v) is 4.97. The minimum absolute atomic E-state index is 0.134. The number of amides is 1. The van der Waals surface area contributed by atoms with E-state index in [1.54, 1.807) is 4.90 Å². The van der Waals surface area contributed by atoms with Crippen molar-refractivity contribution in [3.8, 4) is 0 Å². The van der Waals surface area contributed by atoms with Crippen LogP contribution in [0.25, 0.3) is 0 Å². The van der Waals surface area contributed by atoms with E-state index in [9.17, 15) is 9.90 Å². The molecule has 1 unspecified atom stereocenters. The third-order valence-electron chi connectivity index (χ3n) is 2.62. The van der Waals surface area contributed by atoms with Crippen molar-refractivity contribution in [3.05, 3.63) is 5.01 Å². The second kappa shape index (κ2) is 5.42. The number of likely N-dealkylation sites (tertiary alicyclic amines) is 1. The summed E-state index contributed by atoms with van der Waals surface area (Å²) in [6.07, 6.45) is 1.20. The molecule has 0 bridgehead atoms. The molecule has 0 radical (unpaired) electrons. The number of anilines is 1. The van der Waals surface area contributed by atoms with Gasteiger partial charge in [-0.3, -0.25) is 4.79 Å². The Kier molecular flexibility index (Phi) is 3.90. The van der Waals surface area contributed by atoms with E-state index >= 15 is 0 Å². The first-order valence-electron chi connectivity index (χ1n) is 5.75. The molecule has 7 heteroatoms. The summed E-state index contributed by atoms with van der Waals surface area (Å²) in [7, 11) is 0. The average Bonchev–Trinajstić information content (AvgIpc) is 2.77. The number of aromatic nitrogens is 2. The van der Waals surface area contributed by atoms with Gasteiger partial charge in [0.1, 0.15) is 0 Å². The third kappa shape index (κ3) is 2.92. The highest BCUT2D eigenvalue weighted by atomic mass is 32.1. The van der Waals surface area contributed by atoms with Gasteiger partial charge in [-0.1, -0.05) is 11.3 Å². The fourth-order valence-corrected chi connectivity index (χ4v) is 2.59. The van der Waals surface area contributed by atoms with Gasteiger partial charge in [-0.15, -0.1) is 10.2 Å². The molecule has 1 saturated heterocycles. The van der Waals surface area contributed by atoms with Gasteiger partial charge in [-0.05, 0) is 19.8 Å². The minimum Gasteiger partial charge on any atom is -0.391 e. The van der Waals surface area contributed by atoms with Crippen LogP contribution in [0.5, 0.6) is 0 Å². The minimum atomic E-state index is -0.408. The van der Waals surface area contributed by atoms with E-state index in [-0.39, 0.29) is 5.91 Å². The fraction of sp³-hybridized carbons (Fsp3) is 0.700. The quantitative estimate of drug-likeness (QED) is 0.826. The van der Waals surface area contributed by atoms with Crippen LogP contribution in [0.4, 0.5) is 5.13 Å². The molecule has 1 fully saturated rings. The topological polar surface area (TPSA) is 78.4 Å². The molecule has 0 aliphatic carbocycles. The molecule has 1 atom stereocenters. The normalized spacial score (nSPS) is 20.4. The van der Waals surface area contributed by atoms with Crippen LogP contribution in [-0.2, 0) is 0 Å². The predicted molar refractivity (Wildman–Crippen MR) is 65.2 cm³/mol. The number of nitrogens with zero attached hydrogens (tertiary/aromatic N) is 3. The molecule has 1 aliphatic rings. The van der Waals surface area contributed by atoms with Gasteiger partial charge in [0.25, 0.3) is 5.91 Å². The maximum Gasteiger partial charge on any atom is 0.284 e. The first-order valence-corrected chi connectivity index (χ1v) is 6.57. The molecule has 2 rings (SSSR count). The summed E-state index contributed by atoms with van der Waals surface area (Å²) in [4.78, 5) is 13.7. The van der Waals surface area contributed by atoms with E-state index in [1.165, 1.54) is 11.3 Å². The lowest BCUT2D eigenvalue weighted by Gasteiger charge is -2.29. The van der Waals surface area contributed by atoms with Crippen LogP contribution in [0.15, 0.2) is 0 Å². The van der Waals surface area contributed by atoms with Gasteiger partial charge in [0.05, 0.1) is 6.10 Å². The Morgan fingerprint density at radius 2 is 2.47 bits per heavy atom. The van der Waals surface area contributed by atoms with Crippen LogP contribution in [0.2, 0.25) is 0 Å². The Bertz CT molecular complexity index is 395. The van der Waals surface area contributed by atoms with Crippen molar-refractivity contribution in [1.29, 1.82) is 0 Å². The zero-order chi connectivity index (χ0) is 12.3. The van der Waals surface area contributed by atoms with Crippen molar-refractivity contribution >= 4 is 22.4 Å². The molecule has 94 valence electrons. The summed E-state index contributed by atoms with van der Waals surface area (Å²) in [5.41, 5.74) is 0. The van der Waals surface area contributed by atoms with Crippen LogP contribution < -0.4 is 5.32 Å². The molecule has 1 aromatic rings. The van der Waals surface area contributed by atoms with Crippen molar-refractivity contribution in [2.75, 3.05) is 25.0 Å². The molecule has 1 amide bonds. The van der Waals surface area contributed by atoms with Crippen LogP contribution >= 0.6 is 11.3 Å². The largest absolute Gasteiger partial charge is 0.391 e. The van der Waals surface area contributed by atoms with Gasteiger partial charge in [0, 0.05) is 19.6 Å². The van der Waals surface area contributed by atoms with Crippen molar-refractivity contribution in [1.82, 2.24) is 15.1 Å². The second-order valence-electron chi connectivity index (χ2n) is 3.99. The van der Waals surface area contributed by atoms with Gasteiger partial charge in [-0.25, -0.2) is 0 Å². The number of carbonyl (C=O) groups is 1. The summed E-state index contributed by atoms with van der Waals surface area (Å²) >= 11 is 1.25.